The van der Waals surface area contributed by atoms with Crippen molar-refractivity contribution >= 4 is 5.91 Å². The third kappa shape index (κ3) is 35.9. The number of hydrogen-bond acceptors (Lipinski definition) is 13. The zero-order chi connectivity index (χ0) is 58.1. The average Bonchev–Trinajstić information content (AvgIpc) is 3.46. The Balaban J connectivity index is 1.67. The van der Waals surface area contributed by atoms with E-state index < -0.39 is 86.8 Å². The second-order valence-electron chi connectivity index (χ2n) is 23.2. The zero-order valence-electron chi connectivity index (χ0n) is 50.6. The third-order valence-corrected chi connectivity index (χ3v) is 16.0. The van der Waals surface area contributed by atoms with Crippen molar-refractivity contribution in [2.45, 2.75) is 344 Å². The average molecular weight is 1140 g/mol. The minimum atomic E-state index is -1.79. The Morgan fingerprint density at radius 2 is 0.863 bits per heavy atom. The Labute approximate surface area is 486 Å². The summed E-state index contributed by atoms with van der Waals surface area (Å²) in [7, 11) is 0. The summed E-state index contributed by atoms with van der Waals surface area (Å²) >= 11 is 0. The third-order valence-electron chi connectivity index (χ3n) is 16.0. The van der Waals surface area contributed by atoms with Gasteiger partial charge in [-0.1, -0.05) is 262 Å². The number of amides is 1. The van der Waals surface area contributed by atoms with Gasteiger partial charge in [-0.05, 0) is 51.4 Å². The molecule has 0 saturated carbocycles. The summed E-state index contributed by atoms with van der Waals surface area (Å²) < 4.78 is 22.8. The lowest BCUT2D eigenvalue weighted by Gasteiger charge is -2.46. The van der Waals surface area contributed by atoms with Gasteiger partial charge in [-0.25, -0.2) is 0 Å². The van der Waals surface area contributed by atoms with E-state index in [-0.39, 0.29) is 18.9 Å². The molecule has 468 valence electrons. The van der Waals surface area contributed by atoms with Crippen LogP contribution in [0, 0.1) is 0 Å². The van der Waals surface area contributed by atoms with Gasteiger partial charge < -0.3 is 65.1 Å². The molecule has 0 aromatic rings. The van der Waals surface area contributed by atoms with Gasteiger partial charge in [0.05, 0.1) is 32.0 Å². The van der Waals surface area contributed by atoms with Crippen LogP contribution >= 0.6 is 0 Å². The van der Waals surface area contributed by atoms with Crippen LogP contribution in [0.3, 0.4) is 0 Å². The lowest BCUT2D eigenvalue weighted by atomic mass is 9.97. The first kappa shape index (κ1) is 74.1. The molecule has 80 heavy (non-hydrogen) atoms. The Hall–Kier alpha value is -2.05. The Bertz CT molecular complexity index is 1530. The largest absolute Gasteiger partial charge is 0.394 e. The molecule has 2 heterocycles. The summed E-state index contributed by atoms with van der Waals surface area (Å²) in [6.07, 6.45) is 48.9. The quantitative estimate of drug-likeness (QED) is 0.0204. The van der Waals surface area contributed by atoms with E-state index in [0.717, 1.165) is 70.6 Å². The highest BCUT2D eigenvalue weighted by atomic mass is 16.7. The molecule has 2 fully saturated rings. The molecular weight excluding hydrogens is 1010 g/mol. The van der Waals surface area contributed by atoms with Crippen molar-refractivity contribution in [3.63, 3.8) is 0 Å². The van der Waals surface area contributed by atoms with Crippen LogP contribution in [-0.4, -0.2) is 140 Å². The van der Waals surface area contributed by atoms with E-state index in [1.807, 2.05) is 6.08 Å². The van der Waals surface area contributed by atoms with Gasteiger partial charge >= 0.3 is 0 Å². The van der Waals surface area contributed by atoms with E-state index in [0.29, 0.717) is 6.42 Å². The van der Waals surface area contributed by atoms with Crippen LogP contribution in [0.25, 0.3) is 0 Å². The maximum absolute atomic E-state index is 13.2. The molecule has 12 atom stereocenters. The second kappa shape index (κ2) is 51.4. The molecule has 0 aliphatic carbocycles. The lowest BCUT2D eigenvalue weighted by molar-refractivity contribution is -0.359. The fourth-order valence-electron chi connectivity index (χ4n) is 10.8. The van der Waals surface area contributed by atoms with Gasteiger partial charge in [0.2, 0.25) is 5.91 Å². The first-order valence-corrected chi connectivity index (χ1v) is 32.9. The van der Waals surface area contributed by atoms with E-state index >= 15 is 0 Å². The molecule has 9 N–H and O–H groups in total. The number of ether oxygens (including phenoxy) is 4. The fourth-order valence-corrected chi connectivity index (χ4v) is 10.8. The van der Waals surface area contributed by atoms with Gasteiger partial charge in [-0.15, -0.1) is 0 Å². The van der Waals surface area contributed by atoms with E-state index in [2.05, 4.69) is 55.6 Å². The van der Waals surface area contributed by atoms with Crippen LogP contribution < -0.4 is 5.32 Å². The summed E-state index contributed by atoms with van der Waals surface area (Å²) in [5.41, 5.74) is 0. The van der Waals surface area contributed by atoms with Crippen molar-refractivity contribution in [1.29, 1.82) is 0 Å². The predicted octanol–water partition coefficient (Wildman–Crippen LogP) is 12.3. The summed E-state index contributed by atoms with van der Waals surface area (Å²) in [6.45, 7) is 2.69. The molecule has 0 aromatic carbocycles. The van der Waals surface area contributed by atoms with Crippen molar-refractivity contribution in [3.8, 4) is 0 Å². The summed E-state index contributed by atoms with van der Waals surface area (Å²) in [4.78, 5) is 13.2. The standard InChI is InChI=1S/C66H121NO13/c1-3-5-7-9-11-13-15-17-19-20-21-22-23-24-25-26-27-28-29-30-31-32-33-34-36-37-39-41-43-45-47-49-55(70)54(67-58(71)50-48-46-44-42-40-38-35-18-16-14-12-10-8-6-4-2)53-77-65-63(76)61(74)64(57(52-69)79-65)80-66-62(75)60(73)59(72)56(51-68)78-66/h6,8,12,14,18,35,47,49,54-57,59-66,68-70,72-76H,3-5,7,9-11,13,15-17,19-34,36-46,48,50-53H2,1-2H3,(H,67,71)/b8-6-,14-12-,35-18-,49-47+. The predicted molar refractivity (Wildman–Crippen MR) is 323 cm³/mol. The van der Waals surface area contributed by atoms with Crippen LogP contribution in [0.5, 0.6) is 0 Å². The zero-order valence-corrected chi connectivity index (χ0v) is 50.6. The maximum atomic E-state index is 13.2. The molecular formula is C66H121NO13. The van der Waals surface area contributed by atoms with Crippen molar-refractivity contribution < 1.29 is 64.6 Å². The highest BCUT2D eigenvalue weighted by Gasteiger charge is 2.51. The molecule has 14 heteroatoms. The van der Waals surface area contributed by atoms with Gasteiger partial charge in [0, 0.05) is 6.42 Å². The van der Waals surface area contributed by atoms with Gasteiger partial charge in [-0.2, -0.15) is 0 Å². The number of nitrogens with one attached hydrogen (secondary N) is 1. The van der Waals surface area contributed by atoms with Crippen molar-refractivity contribution in [3.05, 3.63) is 48.6 Å². The van der Waals surface area contributed by atoms with E-state index in [9.17, 15) is 45.6 Å². The first-order chi connectivity index (χ1) is 39.1. The Kier molecular flexibility index (Phi) is 47.6. The molecule has 0 radical (unpaired) electrons. The maximum Gasteiger partial charge on any atom is 0.220 e. The monoisotopic (exact) mass is 1140 g/mol. The number of carbonyl (C=O) groups excluding carboxylic acids is 1. The molecule has 2 aliphatic rings. The number of hydrogen-bond donors (Lipinski definition) is 9. The summed E-state index contributed by atoms with van der Waals surface area (Å²) in [6, 6.07) is -0.926. The molecule has 12 unspecified atom stereocenters. The summed E-state index contributed by atoms with van der Waals surface area (Å²) in [5, 5.41) is 87.2. The van der Waals surface area contributed by atoms with Gasteiger partial charge in [-0.3, -0.25) is 4.79 Å². The highest BCUT2D eigenvalue weighted by molar-refractivity contribution is 5.76. The number of aliphatic hydroxyl groups excluding tert-OH is 8. The number of rotatable bonds is 53. The normalized spacial score (nSPS) is 24.5. The molecule has 0 spiro atoms. The second-order valence-corrected chi connectivity index (χ2v) is 23.2. The van der Waals surface area contributed by atoms with Crippen LogP contribution in [0.2, 0.25) is 0 Å². The van der Waals surface area contributed by atoms with Crippen LogP contribution in [-0.2, 0) is 23.7 Å². The number of carbonyl (C=O) groups is 1. The first-order valence-electron chi connectivity index (χ1n) is 32.9. The molecule has 14 nitrogen and oxygen atoms in total. The van der Waals surface area contributed by atoms with E-state index in [4.69, 9.17) is 18.9 Å². The molecule has 2 rings (SSSR count). The van der Waals surface area contributed by atoms with Gasteiger partial charge in [0.25, 0.3) is 0 Å². The van der Waals surface area contributed by atoms with E-state index in [1.54, 1.807) is 6.08 Å². The number of aliphatic hydroxyl groups is 8. The van der Waals surface area contributed by atoms with Crippen LogP contribution in [0.1, 0.15) is 271 Å². The molecule has 0 aromatic heterocycles. The van der Waals surface area contributed by atoms with Crippen molar-refractivity contribution in [2.24, 2.45) is 0 Å². The minimum absolute atomic E-state index is 0.255. The minimum Gasteiger partial charge on any atom is -0.394 e. The van der Waals surface area contributed by atoms with Crippen molar-refractivity contribution in [1.82, 2.24) is 5.32 Å². The van der Waals surface area contributed by atoms with Crippen LogP contribution in [0.4, 0.5) is 0 Å². The molecule has 1 amide bonds. The van der Waals surface area contributed by atoms with Gasteiger partial charge in [0.15, 0.2) is 12.6 Å². The Morgan fingerprint density at radius 1 is 0.463 bits per heavy atom. The van der Waals surface area contributed by atoms with Crippen LogP contribution in [0.15, 0.2) is 48.6 Å². The molecule has 2 aliphatic heterocycles. The SMILES string of the molecule is CC/C=C\C/C=C\C/C=C\CCCCCCCC(=O)NC(COC1OC(CO)C(OC2OC(CO)C(O)C(O)C2O)C(O)C1O)C(O)/C=C/CCCCCCCCCCCCCCCCCCCCCCCCCCCCCCC. The smallest absolute Gasteiger partial charge is 0.220 e. The van der Waals surface area contributed by atoms with Crippen molar-refractivity contribution in [2.75, 3.05) is 19.8 Å². The topological polar surface area (TPSA) is 228 Å². The molecule has 0 bridgehead atoms. The Morgan fingerprint density at radius 3 is 1.32 bits per heavy atom. The van der Waals surface area contributed by atoms with Gasteiger partial charge in [0.1, 0.15) is 48.8 Å². The summed E-state index contributed by atoms with van der Waals surface area (Å²) in [5.74, 6) is -0.255. The molecule has 2 saturated heterocycles. The highest BCUT2D eigenvalue weighted by Crippen LogP contribution is 2.30. The lowest BCUT2D eigenvalue weighted by Crippen LogP contribution is -2.65. The number of allylic oxidation sites excluding steroid dienone is 7. The number of unbranched alkanes of at least 4 members (excludes halogenated alkanes) is 34. The fraction of sp³-hybridized carbons (Fsp3) is 0.864. The van der Waals surface area contributed by atoms with E-state index in [1.165, 1.54) is 173 Å².